The van der Waals surface area contributed by atoms with Gasteiger partial charge in [-0.05, 0) is 31.2 Å². The Balaban J connectivity index is 2.14. The molecule has 0 spiro atoms. The molecule has 0 fully saturated rings. The number of hydrogen-bond donors (Lipinski definition) is 1. The van der Waals surface area contributed by atoms with Crippen LogP contribution in [0.15, 0.2) is 28.7 Å². The maximum Gasteiger partial charge on any atom is 0.0722 e. The van der Waals surface area contributed by atoms with Crippen LogP contribution in [0.25, 0.3) is 0 Å². The van der Waals surface area contributed by atoms with E-state index >= 15 is 0 Å². The minimum atomic E-state index is 0.623. The summed E-state index contributed by atoms with van der Waals surface area (Å²) in [6.07, 6.45) is 0. The summed E-state index contributed by atoms with van der Waals surface area (Å²) in [5.41, 5.74) is 0.780. The molecule has 0 aliphatic carbocycles. The molecule has 2 rings (SSSR count). The lowest BCUT2D eigenvalue weighted by atomic mass is 10.3. The van der Waals surface area contributed by atoms with Crippen molar-refractivity contribution in [2.45, 2.75) is 13.5 Å². The number of anilines is 1. The Morgan fingerprint density at radius 3 is 2.41 bits per heavy atom. The van der Waals surface area contributed by atoms with Gasteiger partial charge in [0.05, 0.1) is 15.7 Å². The van der Waals surface area contributed by atoms with Crippen LogP contribution >= 0.6 is 50.5 Å². The first kappa shape index (κ1) is 13.2. The quantitative estimate of drug-likeness (QED) is 0.744. The van der Waals surface area contributed by atoms with Gasteiger partial charge in [-0.2, -0.15) is 0 Å². The van der Waals surface area contributed by atoms with E-state index in [-0.39, 0.29) is 0 Å². The number of aryl methyl sites for hydroxylation is 1. The molecule has 0 atom stereocenters. The van der Waals surface area contributed by atoms with Gasteiger partial charge in [0.25, 0.3) is 0 Å². The second-order valence-electron chi connectivity index (χ2n) is 3.61. The first-order valence-electron chi connectivity index (χ1n) is 5.00. The van der Waals surface area contributed by atoms with Gasteiger partial charge in [-0.3, -0.25) is 0 Å². The highest BCUT2D eigenvalue weighted by molar-refractivity contribution is 9.10. The summed E-state index contributed by atoms with van der Waals surface area (Å²) >= 11 is 17.4. The van der Waals surface area contributed by atoms with Crippen LogP contribution in [-0.4, -0.2) is 0 Å². The molecular formula is C12H10BrCl2NS. The van der Waals surface area contributed by atoms with Crippen molar-refractivity contribution in [1.82, 2.24) is 0 Å². The standard InChI is InChI=1S/C12H10BrCl2NS/c1-7-2-3-9(17-7)6-16-12-10(14)4-8(13)5-11(12)15/h2-5,16H,6H2,1H3. The second kappa shape index (κ2) is 5.61. The molecule has 0 saturated carbocycles. The van der Waals surface area contributed by atoms with Gasteiger partial charge in [0.15, 0.2) is 0 Å². The van der Waals surface area contributed by atoms with E-state index in [2.05, 4.69) is 40.3 Å². The van der Waals surface area contributed by atoms with Crippen molar-refractivity contribution < 1.29 is 0 Å². The predicted molar refractivity (Wildman–Crippen MR) is 80.5 cm³/mol. The topological polar surface area (TPSA) is 12.0 Å². The normalized spacial score (nSPS) is 10.6. The minimum Gasteiger partial charge on any atom is -0.378 e. The molecule has 0 radical (unpaired) electrons. The summed E-state index contributed by atoms with van der Waals surface area (Å²) in [5.74, 6) is 0. The lowest BCUT2D eigenvalue weighted by Gasteiger charge is -2.10. The lowest BCUT2D eigenvalue weighted by molar-refractivity contribution is 1.19. The van der Waals surface area contributed by atoms with Crippen LogP contribution in [0.2, 0.25) is 10.0 Å². The average molecular weight is 351 g/mol. The summed E-state index contributed by atoms with van der Waals surface area (Å²) in [7, 11) is 0. The molecule has 2 aromatic rings. The van der Waals surface area contributed by atoms with Crippen molar-refractivity contribution in [1.29, 1.82) is 0 Å². The van der Waals surface area contributed by atoms with Gasteiger partial charge in [0.2, 0.25) is 0 Å². The first-order valence-corrected chi connectivity index (χ1v) is 7.36. The molecule has 0 saturated heterocycles. The van der Waals surface area contributed by atoms with E-state index in [0.717, 1.165) is 16.7 Å². The van der Waals surface area contributed by atoms with E-state index in [1.54, 1.807) is 11.3 Å². The Hall–Kier alpha value is -0.220. The lowest BCUT2D eigenvalue weighted by Crippen LogP contribution is -1.98. The molecule has 0 bridgehead atoms. The summed E-state index contributed by atoms with van der Waals surface area (Å²) in [4.78, 5) is 2.56. The van der Waals surface area contributed by atoms with Crippen molar-refractivity contribution in [3.63, 3.8) is 0 Å². The van der Waals surface area contributed by atoms with Crippen molar-refractivity contribution in [2.75, 3.05) is 5.32 Å². The molecule has 5 heteroatoms. The van der Waals surface area contributed by atoms with Gasteiger partial charge in [0, 0.05) is 20.8 Å². The maximum atomic E-state index is 6.13. The van der Waals surface area contributed by atoms with Crippen molar-refractivity contribution >= 4 is 56.2 Å². The Morgan fingerprint density at radius 1 is 1.24 bits per heavy atom. The summed E-state index contributed by atoms with van der Waals surface area (Å²) < 4.78 is 0.880. The summed E-state index contributed by atoms with van der Waals surface area (Å²) in [6.45, 7) is 2.83. The highest BCUT2D eigenvalue weighted by Crippen LogP contribution is 2.34. The van der Waals surface area contributed by atoms with Crippen LogP contribution in [0.4, 0.5) is 5.69 Å². The molecule has 1 nitrogen and oxygen atoms in total. The van der Waals surface area contributed by atoms with Crippen molar-refractivity contribution in [2.24, 2.45) is 0 Å². The van der Waals surface area contributed by atoms with E-state index in [1.807, 2.05) is 12.1 Å². The van der Waals surface area contributed by atoms with E-state index in [0.29, 0.717) is 10.0 Å². The SMILES string of the molecule is Cc1ccc(CNc2c(Cl)cc(Br)cc2Cl)s1. The Bertz CT molecular complexity index is 516. The van der Waals surface area contributed by atoms with Crippen molar-refractivity contribution in [3.05, 3.63) is 48.5 Å². The third-order valence-corrected chi connectivity index (χ3v) is 4.30. The smallest absolute Gasteiger partial charge is 0.0722 e. The number of nitrogens with one attached hydrogen (secondary N) is 1. The number of thiophene rings is 1. The molecule has 1 aromatic heterocycles. The van der Waals surface area contributed by atoms with Crippen LogP contribution < -0.4 is 5.32 Å². The molecule has 1 heterocycles. The fourth-order valence-electron chi connectivity index (χ4n) is 1.47. The number of hydrogen-bond acceptors (Lipinski definition) is 2. The minimum absolute atomic E-state index is 0.623. The van der Waals surface area contributed by atoms with Crippen LogP contribution in [0.3, 0.4) is 0 Å². The zero-order chi connectivity index (χ0) is 12.4. The van der Waals surface area contributed by atoms with E-state index in [1.165, 1.54) is 9.75 Å². The number of rotatable bonds is 3. The third-order valence-electron chi connectivity index (χ3n) is 2.24. The van der Waals surface area contributed by atoms with Gasteiger partial charge in [-0.1, -0.05) is 39.1 Å². The molecule has 0 aliphatic rings. The second-order valence-corrected chi connectivity index (χ2v) is 6.71. The fraction of sp³-hybridized carbons (Fsp3) is 0.167. The molecular weight excluding hydrogens is 341 g/mol. The van der Waals surface area contributed by atoms with Crippen LogP contribution in [-0.2, 0) is 6.54 Å². The van der Waals surface area contributed by atoms with Crippen LogP contribution in [0.5, 0.6) is 0 Å². The molecule has 1 aromatic carbocycles. The zero-order valence-corrected chi connectivity index (χ0v) is 13.0. The maximum absolute atomic E-state index is 6.13. The van der Waals surface area contributed by atoms with Crippen LogP contribution in [0, 0.1) is 6.92 Å². The van der Waals surface area contributed by atoms with Gasteiger partial charge in [0.1, 0.15) is 0 Å². The molecule has 0 aliphatic heterocycles. The number of halogens is 3. The summed E-state index contributed by atoms with van der Waals surface area (Å²) in [6, 6.07) is 7.87. The zero-order valence-electron chi connectivity index (χ0n) is 9.06. The van der Waals surface area contributed by atoms with Gasteiger partial charge < -0.3 is 5.32 Å². The molecule has 0 amide bonds. The van der Waals surface area contributed by atoms with Gasteiger partial charge in [-0.15, -0.1) is 11.3 Å². The fourth-order valence-corrected chi connectivity index (χ4v) is 3.64. The first-order chi connectivity index (χ1) is 8.06. The predicted octanol–water partition coefficient (Wildman–Crippen LogP) is 5.74. The Kier molecular flexibility index (Phi) is 4.36. The molecule has 17 heavy (non-hydrogen) atoms. The highest BCUT2D eigenvalue weighted by atomic mass is 79.9. The van der Waals surface area contributed by atoms with E-state index < -0.39 is 0 Å². The highest BCUT2D eigenvalue weighted by Gasteiger charge is 2.07. The third kappa shape index (κ3) is 3.38. The van der Waals surface area contributed by atoms with Gasteiger partial charge in [-0.25, -0.2) is 0 Å². The average Bonchev–Trinajstić information content (AvgIpc) is 2.62. The van der Waals surface area contributed by atoms with Gasteiger partial charge >= 0.3 is 0 Å². The molecule has 1 N–H and O–H groups in total. The Morgan fingerprint density at radius 2 is 1.88 bits per heavy atom. The van der Waals surface area contributed by atoms with Crippen molar-refractivity contribution in [3.8, 4) is 0 Å². The Labute approximate surface area is 123 Å². The molecule has 0 unspecified atom stereocenters. The summed E-state index contributed by atoms with van der Waals surface area (Å²) in [5, 5.41) is 4.51. The largest absolute Gasteiger partial charge is 0.378 e. The monoisotopic (exact) mass is 349 g/mol. The van der Waals surface area contributed by atoms with E-state index in [9.17, 15) is 0 Å². The van der Waals surface area contributed by atoms with E-state index in [4.69, 9.17) is 23.2 Å². The number of benzene rings is 1. The van der Waals surface area contributed by atoms with Crippen LogP contribution in [0.1, 0.15) is 9.75 Å². The molecule has 90 valence electrons.